The molecule has 0 aliphatic carbocycles. The summed E-state index contributed by atoms with van der Waals surface area (Å²) >= 11 is 0. The molecular weight excluding hydrogens is 364 g/mol. The lowest BCUT2D eigenvalue weighted by molar-refractivity contribution is -0.145. The largest absolute Gasteiger partial charge is 0.462 e. The molecular formula is C20H22N2O6. The zero-order chi connectivity index (χ0) is 20.1. The summed E-state index contributed by atoms with van der Waals surface area (Å²) in [5.74, 6) is -0.998. The van der Waals surface area contributed by atoms with Crippen LogP contribution in [0.3, 0.4) is 0 Å². The minimum atomic E-state index is -1.00. The van der Waals surface area contributed by atoms with Crippen LogP contribution in [0.4, 0.5) is 4.79 Å². The molecule has 3 saturated heterocycles. The van der Waals surface area contributed by atoms with Crippen molar-refractivity contribution in [3.05, 3.63) is 35.9 Å². The number of hydrogen-bond donors (Lipinski definition) is 0. The number of carbonyl (C=O) groups is 4. The number of nitrogens with zero attached hydrogens (tertiary/aromatic N) is 2. The summed E-state index contributed by atoms with van der Waals surface area (Å²) in [5, 5.41) is 0. The number of esters is 1. The molecule has 0 bridgehead atoms. The van der Waals surface area contributed by atoms with Crippen molar-refractivity contribution >= 4 is 23.8 Å². The molecule has 0 unspecified atom stereocenters. The van der Waals surface area contributed by atoms with E-state index in [4.69, 9.17) is 9.47 Å². The number of hydrogen-bond acceptors (Lipinski definition) is 6. The molecule has 3 atom stereocenters. The molecule has 3 heterocycles. The van der Waals surface area contributed by atoms with E-state index in [1.54, 1.807) is 38.1 Å². The van der Waals surface area contributed by atoms with Gasteiger partial charge in [-0.25, -0.2) is 9.59 Å². The van der Waals surface area contributed by atoms with Crippen molar-refractivity contribution in [2.45, 2.75) is 38.5 Å². The van der Waals surface area contributed by atoms with E-state index in [1.165, 1.54) is 9.80 Å². The van der Waals surface area contributed by atoms with E-state index in [0.29, 0.717) is 18.5 Å². The highest BCUT2D eigenvalue weighted by Gasteiger charge is 2.54. The molecule has 2 amide bonds. The Morgan fingerprint density at radius 1 is 1.14 bits per heavy atom. The van der Waals surface area contributed by atoms with Crippen LogP contribution in [0.25, 0.3) is 0 Å². The van der Waals surface area contributed by atoms with E-state index in [9.17, 15) is 19.2 Å². The van der Waals surface area contributed by atoms with Gasteiger partial charge in [-0.2, -0.15) is 0 Å². The van der Waals surface area contributed by atoms with Crippen LogP contribution in [0.15, 0.2) is 30.3 Å². The maximum absolute atomic E-state index is 12.8. The lowest BCUT2D eigenvalue weighted by Crippen LogP contribution is -2.46. The first-order chi connectivity index (χ1) is 13.3. The number of ether oxygens (including phenoxy) is 2. The maximum Gasteiger partial charge on any atom is 0.411 e. The highest BCUT2D eigenvalue weighted by Crippen LogP contribution is 2.34. The Bertz CT molecular complexity index is 836. The Morgan fingerprint density at radius 3 is 2.50 bits per heavy atom. The zero-order valence-corrected chi connectivity index (χ0v) is 15.8. The standard InChI is InChI=1S/C20H22N2O6/c1-20(2)11-27-18(25)16(20)28-19(26)21-9-8-13-15(21)14(23)10-22(13)17(24)12-6-4-3-5-7-12/h3-7,13,15-16H,8-11H2,1-2H3/t13-,15+,16-/m1/s1. The molecule has 3 aliphatic heterocycles. The third-order valence-corrected chi connectivity index (χ3v) is 5.67. The van der Waals surface area contributed by atoms with Crippen LogP contribution in [0.2, 0.25) is 0 Å². The third kappa shape index (κ3) is 2.93. The molecule has 3 fully saturated rings. The second-order valence-corrected chi connectivity index (χ2v) is 8.12. The Morgan fingerprint density at radius 2 is 1.86 bits per heavy atom. The molecule has 148 valence electrons. The van der Waals surface area contributed by atoms with Crippen LogP contribution < -0.4 is 0 Å². The smallest absolute Gasteiger partial charge is 0.411 e. The second kappa shape index (κ2) is 6.61. The summed E-state index contributed by atoms with van der Waals surface area (Å²) in [5.41, 5.74) is -0.117. The Labute approximate surface area is 162 Å². The van der Waals surface area contributed by atoms with Gasteiger partial charge in [-0.3, -0.25) is 14.5 Å². The van der Waals surface area contributed by atoms with Gasteiger partial charge in [-0.15, -0.1) is 0 Å². The SMILES string of the molecule is CC1(C)COC(=O)[C@H]1OC(=O)N1CC[C@@H]2[C@H]1C(=O)CN2C(=O)c1ccccc1. The van der Waals surface area contributed by atoms with E-state index in [0.717, 1.165) is 0 Å². The van der Waals surface area contributed by atoms with Crippen molar-refractivity contribution in [2.24, 2.45) is 5.41 Å². The van der Waals surface area contributed by atoms with E-state index in [-0.39, 0.29) is 30.9 Å². The summed E-state index contributed by atoms with van der Waals surface area (Å²) in [6, 6.07) is 7.64. The van der Waals surface area contributed by atoms with Crippen molar-refractivity contribution < 1.29 is 28.7 Å². The number of amides is 2. The van der Waals surface area contributed by atoms with Gasteiger partial charge < -0.3 is 14.4 Å². The molecule has 0 saturated carbocycles. The van der Waals surface area contributed by atoms with Crippen molar-refractivity contribution in [1.29, 1.82) is 0 Å². The van der Waals surface area contributed by atoms with Gasteiger partial charge in [0.25, 0.3) is 5.91 Å². The maximum atomic E-state index is 12.8. The minimum absolute atomic E-state index is 0.0379. The van der Waals surface area contributed by atoms with Gasteiger partial charge in [0.15, 0.2) is 5.78 Å². The third-order valence-electron chi connectivity index (χ3n) is 5.67. The van der Waals surface area contributed by atoms with Gasteiger partial charge in [0, 0.05) is 17.5 Å². The Balaban J connectivity index is 1.49. The van der Waals surface area contributed by atoms with Crippen LogP contribution in [0.1, 0.15) is 30.6 Å². The predicted octanol–water partition coefficient (Wildman–Crippen LogP) is 1.24. The lowest BCUT2D eigenvalue weighted by Gasteiger charge is -2.27. The molecule has 0 radical (unpaired) electrons. The summed E-state index contributed by atoms with van der Waals surface area (Å²) in [7, 11) is 0. The number of Topliss-reactive ketones (excluding diaryl/α,β-unsaturated/α-hetero) is 1. The quantitative estimate of drug-likeness (QED) is 0.710. The van der Waals surface area contributed by atoms with Crippen molar-refractivity contribution in [2.75, 3.05) is 19.7 Å². The van der Waals surface area contributed by atoms with Crippen LogP contribution in [0, 0.1) is 5.41 Å². The fraction of sp³-hybridized carbons (Fsp3) is 0.500. The minimum Gasteiger partial charge on any atom is -0.462 e. The number of carbonyl (C=O) groups excluding carboxylic acids is 4. The number of ketones is 1. The van der Waals surface area contributed by atoms with Crippen molar-refractivity contribution in [1.82, 2.24) is 9.80 Å². The summed E-state index contributed by atoms with van der Waals surface area (Å²) in [6.45, 7) is 3.99. The average Bonchev–Trinajstić information content (AvgIpc) is 3.32. The van der Waals surface area contributed by atoms with E-state index in [1.807, 2.05) is 6.07 Å². The molecule has 3 aliphatic rings. The molecule has 28 heavy (non-hydrogen) atoms. The fourth-order valence-corrected chi connectivity index (χ4v) is 4.15. The lowest BCUT2D eigenvalue weighted by atomic mass is 9.90. The van der Waals surface area contributed by atoms with E-state index >= 15 is 0 Å². The second-order valence-electron chi connectivity index (χ2n) is 8.12. The van der Waals surface area contributed by atoms with E-state index < -0.39 is 29.6 Å². The van der Waals surface area contributed by atoms with Gasteiger partial charge in [-0.1, -0.05) is 32.0 Å². The number of cyclic esters (lactones) is 1. The Hall–Kier alpha value is -2.90. The highest BCUT2D eigenvalue weighted by molar-refractivity contribution is 6.02. The normalized spacial score (nSPS) is 28.3. The number of benzene rings is 1. The summed E-state index contributed by atoms with van der Waals surface area (Å²) < 4.78 is 10.4. The average molecular weight is 386 g/mol. The van der Waals surface area contributed by atoms with Gasteiger partial charge in [-0.05, 0) is 18.6 Å². The molecule has 0 spiro atoms. The zero-order valence-electron chi connectivity index (χ0n) is 15.8. The number of fused-ring (bicyclic) bond motifs is 1. The monoisotopic (exact) mass is 386 g/mol. The van der Waals surface area contributed by atoms with Crippen LogP contribution in [0.5, 0.6) is 0 Å². The predicted molar refractivity (Wildman–Crippen MR) is 96.4 cm³/mol. The first-order valence-electron chi connectivity index (χ1n) is 9.32. The topological polar surface area (TPSA) is 93.2 Å². The molecule has 8 heteroatoms. The first-order valence-corrected chi connectivity index (χ1v) is 9.32. The highest BCUT2D eigenvalue weighted by atomic mass is 16.6. The van der Waals surface area contributed by atoms with Crippen molar-refractivity contribution in [3.63, 3.8) is 0 Å². The van der Waals surface area contributed by atoms with E-state index in [2.05, 4.69) is 0 Å². The number of likely N-dealkylation sites (tertiary alicyclic amines) is 2. The summed E-state index contributed by atoms with van der Waals surface area (Å²) in [6.07, 6.45) is -1.23. The molecule has 1 aromatic carbocycles. The van der Waals surface area contributed by atoms with Gasteiger partial charge >= 0.3 is 12.1 Å². The van der Waals surface area contributed by atoms with Crippen LogP contribution >= 0.6 is 0 Å². The fourth-order valence-electron chi connectivity index (χ4n) is 4.15. The van der Waals surface area contributed by atoms with Gasteiger partial charge in [0.1, 0.15) is 12.6 Å². The van der Waals surface area contributed by atoms with Gasteiger partial charge in [0.2, 0.25) is 6.10 Å². The molecule has 0 N–H and O–H groups in total. The molecule has 4 rings (SSSR count). The first kappa shape index (κ1) is 18.5. The number of rotatable bonds is 2. The molecule has 8 nitrogen and oxygen atoms in total. The molecule has 1 aromatic rings. The summed E-state index contributed by atoms with van der Waals surface area (Å²) in [4.78, 5) is 52.9. The van der Waals surface area contributed by atoms with Crippen LogP contribution in [-0.4, -0.2) is 71.4 Å². The molecule has 0 aromatic heterocycles. The van der Waals surface area contributed by atoms with Crippen molar-refractivity contribution in [3.8, 4) is 0 Å². The van der Waals surface area contributed by atoms with Gasteiger partial charge in [0.05, 0.1) is 12.6 Å². The Kier molecular flexibility index (Phi) is 4.36. The van der Waals surface area contributed by atoms with Crippen LogP contribution in [-0.2, 0) is 19.1 Å².